The first-order chi connectivity index (χ1) is 11.0. The summed E-state index contributed by atoms with van der Waals surface area (Å²) in [6, 6.07) is 12.2. The van der Waals surface area contributed by atoms with E-state index in [9.17, 15) is 9.18 Å². The van der Waals surface area contributed by atoms with E-state index in [1.54, 1.807) is 22.7 Å². The maximum atomic E-state index is 13.4. The number of hydrogen-bond donors (Lipinski definition) is 1. The molecule has 1 aliphatic rings. The normalized spacial score (nSPS) is 17.3. The van der Waals surface area contributed by atoms with Crippen LogP contribution >= 0.6 is 11.8 Å². The molecule has 1 atom stereocenters. The molecular weight excluding hydrogens is 311 g/mol. The number of benzene rings is 2. The monoisotopic (exact) mass is 330 g/mol. The molecule has 1 saturated heterocycles. The molecule has 0 aromatic heterocycles. The molecule has 1 unspecified atom stereocenters. The van der Waals surface area contributed by atoms with E-state index in [-0.39, 0.29) is 17.2 Å². The summed E-state index contributed by atoms with van der Waals surface area (Å²) in [5, 5.41) is 2.80. The number of nitrogens with zero attached hydrogens (tertiary/aromatic N) is 1. The van der Waals surface area contributed by atoms with Crippen LogP contribution < -0.4 is 5.32 Å². The Balaban J connectivity index is 1.76. The van der Waals surface area contributed by atoms with Crippen LogP contribution in [0.1, 0.15) is 22.1 Å². The summed E-state index contributed by atoms with van der Waals surface area (Å²) < 4.78 is 13.4. The highest BCUT2D eigenvalue weighted by Gasteiger charge is 2.30. The van der Waals surface area contributed by atoms with Crippen LogP contribution in [0.15, 0.2) is 42.5 Å². The first kappa shape index (κ1) is 15.9. The first-order valence-corrected chi connectivity index (χ1v) is 8.61. The highest BCUT2D eigenvalue weighted by Crippen LogP contribution is 2.38. The largest absolute Gasteiger partial charge is 0.323 e. The van der Waals surface area contributed by atoms with Crippen molar-refractivity contribution in [3.63, 3.8) is 0 Å². The second-order valence-electron chi connectivity index (χ2n) is 5.70. The van der Waals surface area contributed by atoms with E-state index < -0.39 is 0 Å². The summed E-state index contributed by atoms with van der Waals surface area (Å²) in [7, 11) is 0. The molecule has 0 saturated carbocycles. The molecule has 2 aromatic rings. The van der Waals surface area contributed by atoms with Gasteiger partial charge in [-0.05, 0) is 54.8 Å². The lowest BCUT2D eigenvalue weighted by Crippen LogP contribution is -2.34. The number of carbonyl (C=O) groups excluding carboxylic acids is 1. The smallest absolute Gasteiger partial charge is 0.308 e. The van der Waals surface area contributed by atoms with Gasteiger partial charge in [0.15, 0.2) is 0 Å². The molecule has 0 bridgehead atoms. The molecule has 1 fully saturated rings. The number of rotatable bonds is 2. The van der Waals surface area contributed by atoms with Gasteiger partial charge in [-0.2, -0.15) is 0 Å². The minimum absolute atomic E-state index is 0.141. The van der Waals surface area contributed by atoms with Crippen molar-refractivity contribution in [1.82, 2.24) is 4.90 Å². The molecule has 0 aliphatic carbocycles. The highest BCUT2D eigenvalue weighted by atomic mass is 32.2. The Morgan fingerprint density at radius 1 is 1.22 bits per heavy atom. The third-order valence-electron chi connectivity index (χ3n) is 4.04. The number of thioether (sulfide) groups is 1. The number of nitrogens with one attached hydrogen (secondary N) is 1. The number of carbonyl (C=O) groups is 1. The van der Waals surface area contributed by atoms with E-state index >= 15 is 0 Å². The zero-order valence-corrected chi connectivity index (χ0v) is 14.0. The number of halogens is 1. The fourth-order valence-corrected chi connectivity index (χ4v) is 3.87. The predicted octanol–water partition coefficient (Wildman–Crippen LogP) is 4.72. The average molecular weight is 330 g/mol. The van der Waals surface area contributed by atoms with Crippen molar-refractivity contribution in [2.24, 2.45) is 0 Å². The average Bonchev–Trinajstić information content (AvgIpc) is 3.00. The summed E-state index contributed by atoms with van der Waals surface area (Å²) in [6.07, 6.45) is 0. The Bertz CT molecular complexity index is 735. The van der Waals surface area contributed by atoms with E-state index in [1.807, 2.05) is 38.1 Å². The number of amides is 2. The maximum absolute atomic E-state index is 13.4. The topological polar surface area (TPSA) is 32.3 Å². The summed E-state index contributed by atoms with van der Waals surface area (Å²) in [5.74, 6) is 0.575. The van der Waals surface area contributed by atoms with E-state index in [0.717, 1.165) is 22.6 Å². The Kier molecular flexibility index (Phi) is 4.57. The lowest BCUT2D eigenvalue weighted by Gasteiger charge is -2.24. The SMILES string of the molecule is Cc1ccc(NC(=O)N2CCSC2c2cccc(F)c2)cc1C. The molecule has 5 heteroatoms. The van der Waals surface area contributed by atoms with Gasteiger partial charge >= 0.3 is 6.03 Å². The zero-order chi connectivity index (χ0) is 16.4. The fraction of sp³-hybridized carbons (Fsp3) is 0.278. The van der Waals surface area contributed by atoms with Crippen LogP contribution in [-0.2, 0) is 0 Å². The van der Waals surface area contributed by atoms with Gasteiger partial charge in [-0.25, -0.2) is 9.18 Å². The molecule has 1 N–H and O–H groups in total. The van der Waals surface area contributed by atoms with E-state index in [4.69, 9.17) is 0 Å². The van der Waals surface area contributed by atoms with Gasteiger partial charge in [0, 0.05) is 18.0 Å². The van der Waals surface area contributed by atoms with E-state index in [0.29, 0.717) is 6.54 Å². The van der Waals surface area contributed by atoms with E-state index in [1.165, 1.54) is 17.7 Å². The van der Waals surface area contributed by atoms with Gasteiger partial charge in [0.25, 0.3) is 0 Å². The summed E-state index contributed by atoms with van der Waals surface area (Å²) >= 11 is 1.66. The van der Waals surface area contributed by atoms with Crippen LogP contribution in [0.2, 0.25) is 0 Å². The lowest BCUT2D eigenvalue weighted by molar-refractivity contribution is 0.214. The van der Waals surface area contributed by atoms with Crippen molar-refractivity contribution in [2.45, 2.75) is 19.2 Å². The van der Waals surface area contributed by atoms with Crippen LogP contribution in [-0.4, -0.2) is 23.2 Å². The molecular formula is C18H19FN2OS. The number of anilines is 1. The van der Waals surface area contributed by atoms with Gasteiger partial charge in [-0.15, -0.1) is 11.8 Å². The van der Waals surface area contributed by atoms with Crippen molar-refractivity contribution in [3.05, 3.63) is 65.0 Å². The standard InChI is InChI=1S/C18H19FN2OS/c1-12-6-7-16(10-13(12)2)20-18(22)21-8-9-23-17(21)14-4-3-5-15(19)11-14/h3-7,10-11,17H,8-9H2,1-2H3,(H,20,22). The van der Waals surface area contributed by atoms with Gasteiger partial charge in [0.05, 0.1) is 0 Å². The fourth-order valence-electron chi connectivity index (χ4n) is 2.63. The first-order valence-electron chi connectivity index (χ1n) is 7.56. The minimum atomic E-state index is -0.274. The molecule has 0 spiro atoms. The Morgan fingerprint density at radius 3 is 2.78 bits per heavy atom. The van der Waals surface area contributed by atoms with Crippen molar-refractivity contribution in [1.29, 1.82) is 0 Å². The molecule has 3 rings (SSSR count). The van der Waals surface area contributed by atoms with E-state index in [2.05, 4.69) is 5.32 Å². The van der Waals surface area contributed by atoms with Crippen LogP contribution in [0.3, 0.4) is 0 Å². The third-order valence-corrected chi connectivity index (χ3v) is 5.30. The quantitative estimate of drug-likeness (QED) is 0.864. The Labute approximate surface area is 139 Å². The highest BCUT2D eigenvalue weighted by molar-refractivity contribution is 7.99. The molecule has 0 radical (unpaired) electrons. The van der Waals surface area contributed by atoms with Gasteiger partial charge < -0.3 is 10.2 Å². The number of hydrogen-bond acceptors (Lipinski definition) is 2. The molecule has 1 heterocycles. The second kappa shape index (κ2) is 6.62. The zero-order valence-electron chi connectivity index (χ0n) is 13.2. The van der Waals surface area contributed by atoms with Gasteiger partial charge in [0.2, 0.25) is 0 Å². The molecule has 2 aromatic carbocycles. The predicted molar refractivity (Wildman–Crippen MR) is 93.2 cm³/mol. The van der Waals surface area contributed by atoms with Crippen LogP contribution in [0.4, 0.5) is 14.9 Å². The van der Waals surface area contributed by atoms with Crippen molar-refractivity contribution >= 4 is 23.5 Å². The van der Waals surface area contributed by atoms with Crippen LogP contribution in [0.5, 0.6) is 0 Å². The van der Waals surface area contributed by atoms with Crippen LogP contribution in [0.25, 0.3) is 0 Å². The maximum Gasteiger partial charge on any atom is 0.323 e. The summed E-state index contributed by atoms with van der Waals surface area (Å²) in [5.41, 5.74) is 3.94. The van der Waals surface area contributed by atoms with Crippen molar-refractivity contribution in [3.8, 4) is 0 Å². The lowest BCUT2D eigenvalue weighted by atomic mass is 10.1. The van der Waals surface area contributed by atoms with Gasteiger partial charge in [-0.3, -0.25) is 0 Å². The number of urea groups is 1. The van der Waals surface area contributed by atoms with Crippen molar-refractivity contribution in [2.75, 3.05) is 17.6 Å². The van der Waals surface area contributed by atoms with Gasteiger partial charge in [-0.1, -0.05) is 18.2 Å². The molecule has 3 nitrogen and oxygen atoms in total. The third kappa shape index (κ3) is 3.50. The molecule has 1 aliphatic heterocycles. The Hall–Kier alpha value is -2.01. The Morgan fingerprint density at radius 2 is 2.04 bits per heavy atom. The second-order valence-corrected chi connectivity index (χ2v) is 6.89. The summed E-state index contributed by atoms with van der Waals surface area (Å²) in [4.78, 5) is 14.3. The molecule has 120 valence electrons. The van der Waals surface area contributed by atoms with Crippen molar-refractivity contribution < 1.29 is 9.18 Å². The molecule has 23 heavy (non-hydrogen) atoms. The molecule has 2 amide bonds. The van der Waals surface area contributed by atoms with Gasteiger partial charge in [0.1, 0.15) is 11.2 Å². The minimum Gasteiger partial charge on any atom is -0.308 e. The number of aryl methyl sites for hydroxylation is 2. The van der Waals surface area contributed by atoms with Crippen LogP contribution in [0, 0.1) is 19.7 Å². The summed E-state index contributed by atoms with van der Waals surface area (Å²) in [6.45, 7) is 4.72.